The fourth-order valence-electron chi connectivity index (χ4n) is 3.34. The van der Waals surface area contributed by atoms with Gasteiger partial charge in [0.05, 0.1) is 12.7 Å². The number of hydrogen-bond acceptors (Lipinski definition) is 7. The van der Waals surface area contributed by atoms with Gasteiger partial charge in [-0.05, 0) is 74.9 Å². The molecule has 0 radical (unpaired) electrons. The van der Waals surface area contributed by atoms with Gasteiger partial charge in [0.1, 0.15) is 17.0 Å². The highest BCUT2D eigenvalue weighted by molar-refractivity contribution is 6.29. The first-order valence-electron chi connectivity index (χ1n) is 11.5. The number of ether oxygens (including phenoxy) is 2. The van der Waals surface area contributed by atoms with Gasteiger partial charge in [0.25, 0.3) is 11.8 Å². The van der Waals surface area contributed by atoms with Crippen LogP contribution in [0.2, 0.25) is 5.15 Å². The monoisotopic (exact) mass is 524 g/mol. The highest BCUT2D eigenvalue weighted by atomic mass is 35.5. The summed E-state index contributed by atoms with van der Waals surface area (Å²) in [6.45, 7) is 6.07. The van der Waals surface area contributed by atoms with Crippen molar-refractivity contribution in [2.75, 3.05) is 11.9 Å². The highest BCUT2D eigenvalue weighted by Gasteiger charge is 2.23. The molecule has 2 amide bonds. The van der Waals surface area contributed by atoms with Crippen LogP contribution in [0, 0.1) is 5.41 Å². The number of rotatable bonds is 10. The van der Waals surface area contributed by atoms with Crippen LogP contribution < -0.4 is 31.4 Å². The number of amidine groups is 1. The molecular weight excluding hydrogens is 496 g/mol. The number of hydrazine groups is 1. The van der Waals surface area contributed by atoms with Crippen LogP contribution in [0.15, 0.2) is 60.8 Å². The maximum atomic E-state index is 13.3. The summed E-state index contributed by atoms with van der Waals surface area (Å²) in [4.78, 5) is 29.7. The first-order valence-corrected chi connectivity index (χ1v) is 11.9. The number of amides is 2. The molecule has 0 saturated carbocycles. The average Bonchev–Trinajstić information content (AvgIpc) is 2.87. The third kappa shape index (κ3) is 7.58. The number of halogens is 1. The van der Waals surface area contributed by atoms with Crippen LogP contribution in [0.1, 0.15) is 48.3 Å². The van der Waals surface area contributed by atoms with Crippen LogP contribution in [0.5, 0.6) is 11.5 Å². The van der Waals surface area contributed by atoms with Gasteiger partial charge in [-0.2, -0.15) is 0 Å². The maximum absolute atomic E-state index is 13.3. The average molecular weight is 525 g/mol. The predicted molar refractivity (Wildman–Crippen MR) is 142 cm³/mol. The first-order chi connectivity index (χ1) is 17.7. The molecule has 0 fully saturated rings. The molecule has 37 heavy (non-hydrogen) atoms. The van der Waals surface area contributed by atoms with Crippen molar-refractivity contribution in [1.29, 1.82) is 5.41 Å². The van der Waals surface area contributed by atoms with E-state index < -0.39 is 17.9 Å². The Morgan fingerprint density at radius 2 is 1.76 bits per heavy atom. The summed E-state index contributed by atoms with van der Waals surface area (Å²) in [5, 5.41) is 10.9. The van der Waals surface area contributed by atoms with E-state index in [0.717, 1.165) is 0 Å². The molecule has 1 atom stereocenters. The molecule has 1 heterocycles. The molecule has 3 aromatic rings. The number of nitrogens with one attached hydrogen (secondary N) is 4. The molecule has 1 aromatic heterocycles. The second-order valence-electron chi connectivity index (χ2n) is 8.18. The number of benzene rings is 2. The minimum Gasteiger partial charge on any atom is -0.490 e. The Kier molecular flexibility index (Phi) is 9.28. The van der Waals surface area contributed by atoms with Crippen molar-refractivity contribution in [3.05, 3.63) is 82.6 Å². The number of anilines is 1. The molecule has 0 aliphatic rings. The van der Waals surface area contributed by atoms with E-state index in [1.807, 2.05) is 20.8 Å². The molecule has 1 unspecified atom stereocenters. The summed E-state index contributed by atoms with van der Waals surface area (Å²) in [6.07, 6.45) is 1.32. The number of carbonyl (C=O) groups is 2. The maximum Gasteiger partial charge on any atom is 0.269 e. The largest absolute Gasteiger partial charge is 0.490 e. The van der Waals surface area contributed by atoms with Gasteiger partial charge >= 0.3 is 0 Å². The molecule has 0 bridgehead atoms. The zero-order valence-corrected chi connectivity index (χ0v) is 21.4. The molecule has 0 aliphatic carbocycles. The van der Waals surface area contributed by atoms with E-state index in [0.29, 0.717) is 34.9 Å². The van der Waals surface area contributed by atoms with Crippen LogP contribution in [0.4, 0.5) is 5.69 Å². The summed E-state index contributed by atoms with van der Waals surface area (Å²) in [5.41, 5.74) is 12.3. The van der Waals surface area contributed by atoms with Crippen molar-refractivity contribution in [2.24, 2.45) is 5.73 Å². The first kappa shape index (κ1) is 27.3. The Balaban J connectivity index is 1.89. The molecule has 2 aromatic carbocycles. The minimum atomic E-state index is -0.934. The second-order valence-corrected chi connectivity index (χ2v) is 8.57. The van der Waals surface area contributed by atoms with E-state index in [2.05, 4.69) is 21.2 Å². The van der Waals surface area contributed by atoms with Crippen LogP contribution in [0.25, 0.3) is 0 Å². The van der Waals surface area contributed by atoms with Crippen molar-refractivity contribution >= 4 is 34.9 Å². The SMILES string of the molecule is CCOc1cc(C(Nc2ccc(C(=N)N)cc2)C(=O)NNC(=O)c2ccnc(Cl)c2)ccc1OC(C)C. The number of carbonyl (C=O) groups excluding carboxylic acids is 2. The fraction of sp³-hybridized carbons (Fsp3) is 0.231. The van der Waals surface area contributed by atoms with Gasteiger partial charge in [0.15, 0.2) is 11.5 Å². The molecule has 0 saturated heterocycles. The van der Waals surface area contributed by atoms with Gasteiger partial charge in [0, 0.05) is 23.0 Å². The molecule has 10 nitrogen and oxygen atoms in total. The minimum absolute atomic E-state index is 0.0677. The lowest BCUT2D eigenvalue weighted by Gasteiger charge is -2.22. The van der Waals surface area contributed by atoms with E-state index in [1.165, 1.54) is 18.3 Å². The topological polar surface area (TPSA) is 151 Å². The standard InChI is InChI=1S/C26H29ClN6O4/c1-4-36-21-13-17(7-10-20(21)37-15(2)3)23(31-19-8-5-16(6-9-19)24(28)29)26(35)33-32-25(34)18-11-12-30-22(27)14-18/h5-15,23,31H,4H2,1-3H3,(H3,28,29)(H,32,34)(H,33,35). The Bertz CT molecular complexity index is 1270. The Labute approximate surface area is 220 Å². The second kappa shape index (κ2) is 12.6. The normalized spacial score (nSPS) is 11.4. The fourth-order valence-corrected chi connectivity index (χ4v) is 3.52. The zero-order chi connectivity index (χ0) is 26.9. The lowest BCUT2D eigenvalue weighted by Crippen LogP contribution is -2.45. The predicted octanol–water partition coefficient (Wildman–Crippen LogP) is 3.82. The lowest BCUT2D eigenvalue weighted by molar-refractivity contribution is -0.122. The quantitative estimate of drug-likeness (QED) is 0.117. The van der Waals surface area contributed by atoms with E-state index in [-0.39, 0.29) is 22.7 Å². The smallest absolute Gasteiger partial charge is 0.269 e. The van der Waals surface area contributed by atoms with Crippen LogP contribution in [0.3, 0.4) is 0 Å². The Hall–Kier alpha value is -4.31. The molecule has 3 rings (SSSR count). The number of nitrogens with zero attached hydrogens (tertiary/aromatic N) is 1. The third-order valence-corrected chi connectivity index (χ3v) is 5.23. The molecule has 11 heteroatoms. The number of hydrogen-bond donors (Lipinski definition) is 5. The molecule has 6 N–H and O–H groups in total. The van der Waals surface area contributed by atoms with Crippen molar-refractivity contribution in [1.82, 2.24) is 15.8 Å². The lowest BCUT2D eigenvalue weighted by atomic mass is 10.0. The van der Waals surface area contributed by atoms with Gasteiger partial charge in [0.2, 0.25) is 0 Å². The summed E-state index contributed by atoms with van der Waals surface area (Å²) < 4.78 is 11.6. The molecule has 0 spiro atoms. The van der Waals surface area contributed by atoms with E-state index in [1.54, 1.807) is 42.5 Å². The van der Waals surface area contributed by atoms with Crippen molar-refractivity contribution in [2.45, 2.75) is 32.9 Å². The number of nitrogens with two attached hydrogens (primary N) is 1. The van der Waals surface area contributed by atoms with Crippen LogP contribution in [-0.2, 0) is 4.79 Å². The van der Waals surface area contributed by atoms with Gasteiger partial charge < -0.3 is 20.5 Å². The number of pyridine rings is 1. The van der Waals surface area contributed by atoms with Crippen molar-refractivity contribution in [3.8, 4) is 11.5 Å². The van der Waals surface area contributed by atoms with Crippen LogP contribution >= 0.6 is 11.6 Å². The van der Waals surface area contributed by atoms with E-state index >= 15 is 0 Å². The van der Waals surface area contributed by atoms with Gasteiger partial charge in [-0.1, -0.05) is 17.7 Å². The molecule has 194 valence electrons. The highest BCUT2D eigenvalue weighted by Crippen LogP contribution is 2.33. The third-order valence-electron chi connectivity index (χ3n) is 5.02. The van der Waals surface area contributed by atoms with Crippen molar-refractivity contribution in [3.63, 3.8) is 0 Å². The summed E-state index contributed by atoms with van der Waals surface area (Å²) in [6, 6.07) is 13.9. The van der Waals surface area contributed by atoms with Gasteiger partial charge in [-0.3, -0.25) is 25.8 Å². The van der Waals surface area contributed by atoms with Gasteiger partial charge in [-0.15, -0.1) is 0 Å². The van der Waals surface area contributed by atoms with E-state index in [9.17, 15) is 9.59 Å². The Morgan fingerprint density at radius 3 is 2.38 bits per heavy atom. The zero-order valence-electron chi connectivity index (χ0n) is 20.7. The molecule has 0 aliphatic heterocycles. The van der Waals surface area contributed by atoms with Gasteiger partial charge in [-0.25, -0.2) is 4.98 Å². The number of aromatic nitrogens is 1. The van der Waals surface area contributed by atoms with Crippen molar-refractivity contribution < 1.29 is 19.1 Å². The number of nitrogen functional groups attached to an aromatic ring is 1. The summed E-state index contributed by atoms with van der Waals surface area (Å²) >= 11 is 5.86. The van der Waals surface area contributed by atoms with E-state index in [4.69, 9.17) is 32.2 Å². The summed E-state index contributed by atoms with van der Waals surface area (Å²) in [5.74, 6) is -0.131. The Morgan fingerprint density at radius 1 is 1.03 bits per heavy atom. The van der Waals surface area contributed by atoms with Crippen LogP contribution in [-0.4, -0.2) is 35.3 Å². The summed E-state index contributed by atoms with van der Waals surface area (Å²) in [7, 11) is 0. The molecular formula is C26H29ClN6O4.